The number of aryl methyl sites for hydroxylation is 2. The summed E-state index contributed by atoms with van der Waals surface area (Å²) in [5.74, 6) is 0.485. The first kappa shape index (κ1) is 22.5. The van der Waals surface area contributed by atoms with Gasteiger partial charge in [0.15, 0.2) is 6.61 Å². The van der Waals surface area contributed by atoms with Crippen LogP contribution in [0.1, 0.15) is 48.9 Å². The maximum Gasteiger partial charge on any atom is 0.277 e. The maximum absolute atomic E-state index is 12.0. The molecular formula is C24H33N3O2. The van der Waals surface area contributed by atoms with Crippen molar-refractivity contribution in [1.82, 2.24) is 5.43 Å². The van der Waals surface area contributed by atoms with E-state index < -0.39 is 0 Å². The minimum absolute atomic E-state index is 0.0651. The van der Waals surface area contributed by atoms with E-state index in [-0.39, 0.29) is 12.5 Å². The van der Waals surface area contributed by atoms with Crippen molar-refractivity contribution < 1.29 is 9.53 Å². The van der Waals surface area contributed by atoms with E-state index >= 15 is 0 Å². The Kier molecular flexibility index (Phi) is 8.71. The first-order chi connectivity index (χ1) is 14.0. The minimum Gasteiger partial charge on any atom is -0.483 e. The van der Waals surface area contributed by atoms with Gasteiger partial charge in [-0.05, 0) is 68.0 Å². The van der Waals surface area contributed by atoms with Crippen LogP contribution < -0.4 is 15.1 Å². The molecule has 2 aromatic carbocycles. The highest BCUT2D eigenvalue weighted by molar-refractivity contribution is 5.83. The molecule has 0 unspecified atom stereocenters. The van der Waals surface area contributed by atoms with Gasteiger partial charge in [-0.3, -0.25) is 4.79 Å². The lowest BCUT2D eigenvalue weighted by Gasteiger charge is -2.23. The van der Waals surface area contributed by atoms with Gasteiger partial charge in [-0.15, -0.1) is 0 Å². The summed E-state index contributed by atoms with van der Waals surface area (Å²) in [6.07, 6.45) is 3.90. The summed E-state index contributed by atoms with van der Waals surface area (Å²) in [7, 11) is 0. The van der Waals surface area contributed by atoms with E-state index in [4.69, 9.17) is 4.74 Å². The van der Waals surface area contributed by atoms with Gasteiger partial charge in [-0.1, -0.05) is 38.1 Å². The fourth-order valence-electron chi connectivity index (χ4n) is 3.18. The molecule has 0 fully saturated rings. The van der Waals surface area contributed by atoms with Crippen molar-refractivity contribution in [2.45, 2.75) is 47.5 Å². The second kappa shape index (κ2) is 11.2. The van der Waals surface area contributed by atoms with Crippen molar-refractivity contribution in [1.29, 1.82) is 0 Å². The number of hydrogen-bond acceptors (Lipinski definition) is 4. The zero-order valence-electron chi connectivity index (χ0n) is 18.3. The molecule has 1 amide bonds. The van der Waals surface area contributed by atoms with E-state index in [9.17, 15) is 4.79 Å². The molecule has 5 nitrogen and oxygen atoms in total. The summed E-state index contributed by atoms with van der Waals surface area (Å²) >= 11 is 0. The second-order valence-electron chi connectivity index (χ2n) is 7.31. The van der Waals surface area contributed by atoms with E-state index in [1.807, 2.05) is 39.0 Å². The van der Waals surface area contributed by atoms with Gasteiger partial charge in [0.05, 0.1) is 6.21 Å². The smallest absolute Gasteiger partial charge is 0.277 e. The van der Waals surface area contributed by atoms with E-state index in [0.29, 0.717) is 0 Å². The van der Waals surface area contributed by atoms with E-state index in [2.05, 4.69) is 47.5 Å². The van der Waals surface area contributed by atoms with Crippen molar-refractivity contribution in [3.63, 3.8) is 0 Å². The number of amides is 1. The lowest BCUT2D eigenvalue weighted by atomic mass is 10.1. The van der Waals surface area contributed by atoms with Crippen LogP contribution in [0.15, 0.2) is 41.5 Å². The number of anilines is 1. The molecule has 29 heavy (non-hydrogen) atoms. The average Bonchev–Trinajstić information content (AvgIpc) is 2.71. The number of rotatable bonds is 10. The summed E-state index contributed by atoms with van der Waals surface area (Å²) in [5, 5.41) is 4.05. The molecule has 0 atom stereocenters. The number of ether oxygens (including phenoxy) is 1. The number of hydrazone groups is 1. The Morgan fingerprint density at radius 2 is 1.62 bits per heavy atom. The van der Waals surface area contributed by atoms with Gasteiger partial charge < -0.3 is 9.64 Å². The Morgan fingerprint density at radius 3 is 2.24 bits per heavy atom. The third-order valence-electron chi connectivity index (χ3n) is 4.87. The standard InChI is InChI=1S/C24H33N3O2/c1-6-14-27(15-7-2)22-12-10-21(11-13-22)16-25-26-23(28)17-29-24-19(4)9-8-18(3)20(24)5/h8-13,16H,6-7,14-15,17H2,1-5H3,(H,26,28). The number of carbonyl (C=O) groups is 1. The Hall–Kier alpha value is -2.82. The highest BCUT2D eigenvalue weighted by Crippen LogP contribution is 2.25. The van der Waals surface area contributed by atoms with Crippen molar-refractivity contribution >= 4 is 17.8 Å². The molecule has 0 aliphatic rings. The largest absolute Gasteiger partial charge is 0.483 e. The molecule has 2 rings (SSSR count). The molecule has 0 saturated heterocycles. The summed E-state index contributed by atoms with van der Waals surface area (Å²) < 4.78 is 5.71. The fraction of sp³-hybridized carbons (Fsp3) is 0.417. The Balaban J connectivity index is 1.88. The van der Waals surface area contributed by atoms with Gasteiger partial charge in [-0.2, -0.15) is 5.10 Å². The molecule has 0 aliphatic heterocycles. The molecular weight excluding hydrogens is 362 g/mol. The Bertz CT molecular complexity index is 823. The minimum atomic E-state index is -0.282. The summed E-state index contributed by atoms with van der Waals surface area (Å²) in [4.78, 5) is 14.4. The summed E-state index contributed by atoms with van der Waals surface area (Å²) in [6, 6.07) is 12.3. The fourth-order valence-corrected chi connectivity index (χ4v) is 3.18. The third kappa shape index (κ3) is 6.63. The van der Waals surface area contributed by atoms with Crippen LogP contribution in [-0.4, -0.2) is 31.8 Å². The number of benzene rings is 2. The molecule has 2 aromatic rings. The van der Waals surface area contributed by atoms with Gasteiger partial charge in [0.2, 0.25) is 0 Å². The van der Waals surface area contributed by atoms with Crippen molar-refractivity contribution in [3.05, 3.63) is 58.7 Å². The van der Waals surface area contributed by atoms with Gasteiger partial charge in [0.1, 0.15) is 5.75 Å². The summed E-state index contributed by atoms with van der Waals surface area (Å²) in [5.41, 5.74) is 7.90. The SMILES string of the molecule is CCCN(CCC)c1ccc(C=NNC(=O)COc2c(C)ccc(C)c2C)cc1. The van der Waals surface area contributed by atoms with E-state index in [0.717, 1.165) is 53.9 Å². The van der Waals surface area contributed by atoms with Crippen LogP contribution >= 0.6 is 0 Å². The molecule has 5 heteroatoms. The number of carbonyl (C=O) groups excluding carboxylic acids is 1. The predicted octanol–water partition coefficient (Wildman–Crippen LogP) is 4.77. The molecule has 0 spiro atoms. The third-order valence-corrected chi connectivity index (χ3v) is 4.87. The van der Waals surface area contributed by atoms with Gasteiger partial charge in [0.25, 0.3) is 5.91 Å². The van der Waals surface area contributed by atoms with E-state index in [1.165, 1.54) is 5.69 Å². The molecule has 0 aromatic heterocycles. The molecule has 0 bridgehead atoms. The summed E-state index contributed by atoms with van der Waals surface area (Å²) in [6.45, 7) is 12.4. The molecule has 156 valence electrons. The van der Waals surface area contributed by atoms with Crippen LogP contribution in [0.5, 0.6) is 5.75 Å². The van der Waals surface area contributed by atoms with Crippen LogP contribution in [0.3, 0.4) is 0 Å². The van der Waals surface area contributed by atoms with Crippen molar-refractivity contribution in [3.8, 4) is 5.75 Å². The highest BCUT2D eigenvalue weighted by Gasteiger charge is 2.09. The molecule has 0 saturated carbocycles. The first-order valence-corrected chi connectivity index (χ1v) is 10.3. The molecule has 0 aliphatic carbocycles. The van der Waals surface area contributed by atoms with Gasteiger partial charge >= 0.3 is 0 Å². The molecule has 0 heterocycles. The van der Waals surface area contributed by atoms with Gasteiger partial charge in [0, 0.05) is 18.8 Å². The number of nitrogens with zero attached hydrogens (tertiary/aromatic N) is 2. The maximum atomic E-state index is 12.0. The Morgan fingerprint density at radius 1 is 1.00 bits per heavy atom. The quantitative estimate of drug-likeness (QED) is 0.466. The second-order valence-corrected chi connectivity index (χ2v) is 7.31. The number of hydrogen-bond donors (Lipinski definition) is 1. The molecule has 0 radical (unpaired) electrons. The van der Waals surface area contributed by atoms with Crippen LogP contribution in [-0.2, 0) is 4.79 Å². The van der Waals surface area contributed by atoms with E-state index in [1.54, 1.807) is 6.21 Å². The first-order valence-electron chi connectivity index (χ1n) is 10.3. The Labute approximate surface area is 174 Å². The van der Waals surface area contributed by atoms with Crippen LogP contribution in [0.25, 0.3) is 0 Å². The zero-order valence-corrected chi connectivity index (χ0v) is 18.3. The van der Waals surface area contributed by atoms with Crippen LogP contribution in [0.4, 0.5) is 5.69 Å². The zero-order chi connectivity index (χ0) is 21.2. The van der Waals surface area contributed by atoms with Crippen molar-refractivity contribution in [2.24, 2.45) is 5.10 Å². The van der Waals surface area contributed by atoms with Crippen LogP contribution in [0, 0.1) is 20.8 Å². The van der Waals surface area contributed by atoms with Gasteiger partial charge in [-0.25, -0.2) is 5.43 Å². The lowest BCUT2D eigenvalue weighted by Crippen LogP contribution is -2.25. The molecule has 1 N–H and O–H groups in total. The monoisotopic (exact) mass is 395 g/mol. The highest BCUT2D eigenvalue weighted by atomic mass is 16.5. The normalized spacial score (nSPS) is 10.9. The average molecular weight is 396 g/mol. The number of nitrogens with one attached hydrogen (secondary N) is 1. The van der Waals surface area contributed by atoms with Crippen LogP contribution in [0.2, 0.25) is 0 Å². The lowest BCUT2D eigenvalue weighted by molar-refractivity contribution is -0.123. The van der Waals surface area contributed by atoms with Crippen molar-refractivity contribution in [2.75, 3.05) is 24.6 Å². The topological polar surface area (TPSA) is 53.9 Å². The predicted molar refractivity (Wildman–Crippen MR) is 121 cm³/mol.